The summed E-state index contributed by atoms with van der Waals surface area (Å²) in [6.07, 6.45) is 1.24. The minimum Gasteiger partial charge on any atom is -0.497 e. The van der Waals surface area contributed by atoms with E-state index in [2.05, 4.69) is 10.6 Å². The van der Waals surface area contributed by atoms with Crippen molar-refractivity contribution in [2.24, 2.45) is 0 Å². The van der Waals surface area contributed by atoms with Gasteiger partial charge >= 0.3 is 11.8 Å². The molecule has 0 spiro atoms. The van der Waals surface area contributed by atoms with Crippen molar-refractivity contribution in [2.45, 2.75) is 30.3 Å². The Morgan fingerprint density at radius 2 is 1.71 bits per heavy atom. The molecule has 1 atom stereocenters. The molecule has 0 aliphatic carbocycles. The van der Waals surface area contributed by atoms with E-state index in [-0.39, 0.29) is 18.0 Å². The maximum Gasteiger partial charge on any atom is 0.309 e. The maximum absolute atomic E-state index is 13.0. The molecule has 2 N–H and O–H groups in total. The predicted molar refractivity (Wildman–Crippen MR) is 111 cm³/mol. The van der Waals surface area contributed by atoms with Crippen LogP contribution in [0, 0.1) is 5.82 Å². The van der Waals surface area contributed by atoms with Crippen LogP contribution in [0.1, 0.15) is 18.4 Å². The van der Waals surface area contributed by atoms with Crippen LogP contribution in [-0.2, 0) is 26.2 Å². The molecule has 8 nitrogen and oxygen atoms in total. The Morgan fingerprint density at radius 3 is 2.35 bits per heavy atom. The molecule has 2 amide bonds. The number of halogens is 1. The van der Waals surface area contributed by atoms with E-state index < -0.39 is 33.7 Å². The highest BCUT2D eigenvalue weighted by molar-refractivity contribution is 7.89. The Balaban J connectivity index is 1.55. The van der Waals surface area contributed by atoms with Crippen molar-refractivity contribution in [1.82, 2.24) is 14.9 Å². The van der Waals surface area contributed by atoms with Crippen LogP contribution in [0.25, 0.3) is 0 Å². The summed E-state index contributed by atoms with van der Waals surface area (Å²) >= 11 is 0. The van der Waals surface area contributed by atoms with E-state index in [9.17, 15) is 22.4 Å². The van der Waals surface area contributed by atoms with E-state index in [1.54, 1.807) is 12.1 Å². The van der Waals surface area contributed by atoms with Crippen LogP contribution in [0.3, 0.4) is 0 Å². The second kappa shape index (κ2) is 9.88. The first-order chi connectivity index (χ1) is 14.8. The van der Waals surface area contributed by atoms with Gasteiger partial charge in [-0.3, -0.25) is 9.59 Å². The first-order valence-electron chi connectivity index (χ1n) is 9.77. The normalized spacial score (nSPS) is 16.6. The molecule has 31 heavy (non-hydrogen) atoms. The molecule has 1 saturated heterocycles. The summed E-state index contributed by atoms with van der Waals surface area (Å²) in [6.45, 7) is 0.442. The van der Waals surface area contributed by atoms with Crippen LogP contribution in [0.2, 0.25) is 0 Å². The first kappa shape index (κ1) is 22.7. The molecule has 2 aromatic carbocycles. The quantitative estimate of drug-likeness (QED) is 0.622. The monoisotopic (exact) mass is 449 g/mol. The van der Waals surface area contributed by atoms with Crippen LogP contribution in [0.15, 0.2) is 53.4 Å². The number of methoxy groups -OCH3 is 1. The summed E-state index contributed by atoms with van der Waals surface area (Å²) in [7, 11) is -2.24. The van der Waals surface area contributed by atoms with E-state index in [0.717, 1.165) is 0 Å². The zero-order valence-corrected chi connectivity index (χ0v) is 17.8. The molecular formula is C21H24FN3O5S. The number of sulfonamides is 1. The molecule has 3 rings (SSSR count). The van der Waals surface area contributed by atoms with Gasteiger partial charge in [0.25, 0.3) is 0 Å². The summed E-state index contributed by atoms with van der Waals surface area (Å²) in [6, 6.07) is 11.2. The summed E-state index contributed by atoms with van der Waals surface area (Å²) in [4.78, 5) is 24.3. The van der Waals surface area contributed by atoms with E-state index in [0.29, 0.717) is 30.7 Å². The molecule has 10 heteroatoms. The lowest BCUT2D eigenvalue weighted by Gasteiger charge is -2.24. The molecule has 1 aliphatic rings. The Hall–Kier alpha value is -2.98. The van der Waals surface area contributed by atoms with Gasteiger partial charge in [-0.25, -0.2) is 12.8 Å². The van der Waals surface area contributed by atoms with Crippen molar-refractivity contribution >= 4 is 21.8 Å². The average Bonchev–Trinajstić information content (AvgIpc) is 3.26. The summed E-state index contributed by atoms with van der Waals surface area (Å²) in [5, 5.41) is 4.96. The highest BCUT2D eigenvalue weighted by atomic mass is 32.2. The topological polar surface area (TPSA) is 105 Å². The second-order valence-corrected chi connectivity index (χ2v) is 9.00. The number of nitrogens with one attached hydrogen (secondary N) is 2. The Morgan fingerprint density at radius 1 is 1.06 bits per heavy atom. The fourth-order valence-corrected chi connectivity index (χ4v) is 5.06. The first-order valence-corrected chi connectivity index (χ1v) is 11.2. The molecule has 1 aliphatic heterocycles. The highest BCUT2D eigenvalue weighted by Crippen LogP contribution is 2.26. The van der Waals surface area contributed by atoms with E-state index in [4.69, 9.17) is 4.74 Å². The van der Waals surface area contributed by atoms with Crippen molar-refractivity contribution in [1.29, 1.82) is 0 Å². The van der Waals surface area contributed by atoms with Crippen molar-refractivity contribution in [3.63, 3.8) is 0 Å². The van der Waals surface area contributed by atoms with Crippen LogP contribution in [0.4, 0.5) is 4.39 Å². The number of ether oxygens (including phenoxy) is 1. The number of carbonyl (C=O) groups is 2. The van der Waals surface area contributed by atoms with Gasteiger partial charge in [0.2, 0.25) is 10.0 Å². The molecule has 1 unspecified atom stereocenters. The third-order valence-electron chi connectivity index (χ3n) is 5.06. The van der Waals surface area contributed by atoms with Gasteiger partial charge in [-0.05, 0) is 54.8 Å². The summed E-state index contributed by atoms with van der Waals surface area (Å²) in [5.41, 5.74) is 0.648. The molecular weight excluding hydrogens is 425 g/mol. The van der Waals surface area contributed by atoms with Crippen molar-refractivity contribution in [2.75, 3.05) is 20.2 Å². The van der Waals surface area contributed by atoms with Crippen LogP contribution in [0.5, 0.6) is 5.75 Å². The highest BCUT2D eigenvalue weighted by Gasteiger charge is 2.35. The zero-order valence-electron chi connectivity index (χ0n) is 17.0. The smallest absolute Gasteiger partial charge is 0.309 e. The summed E-state index contributed by atoms with van der Waals surface area (Å²) in [5.74, 6) is -1.53. The predicted octanol–water partition coefficient (Wildman–Crippen LogP) is 1.42. The average molecular weight is 450 g/mol. The number of amides is 2. The number of hydrogen-bond acceptors (Lipinski definition) is 5. The van der Waals surface area contributed by atoms with Gasteiger partial charge in [-0.1, -0.05) is 12.1 Å². The van der Waals surface area contributed by atoms with E-state index in [1.807, 2.05) is 0 Å². The number of carbonyl (C=O) groups excluding carboxylic acids is 2. The fourth-order valence-electron chi connectivity index (χ4n) is 3.37. The van der Waals surface area contributed by atoms with Gasteiger partial charge in [-0.15, -0.1) is 0 Å². The molecule has 1 fully saturated rings. The molecule has 0 saturated carbocycles. The van der Waals surface area contributed by atoms with Gasteiger partial charge < -0.3 is 15.4 Å². The fraction of sp³-hybridized carbons (Fsp3) is 0.333. The van der Waals surface area contributed by atoms with Crippen LogP contribution >= 0.6 is 0 Å². The van der Waals surface area contributed by atoms with Crippen LogP contribution < -0.4 is 15.4 Å². The minimum atomic E-state index is -3.74. The maximum atomic E-state index is 13.0. The third-order valence-corrected chi connectivity index (χ3v) is 7.03. The van der Waals surface area contributed by atoms with Gasteiger partial charge in [0.05, 0.1) is 12.0 Å². The SMILES string of the molecule is COc1ccc(S(=O)(=O)N2CCCC2CNC(=O)C(=O)NCc2ccc(F)cc2)cc1. The molecule has 0 radical (unpaired) electrons. The van der Waals surface area contributed by atoms with Gasteiger partial charge in [0.15, 0.2) is 0 Å². The van der Waals surface area contributed by atoms with Gasteiger partial charge in [0.1, 0.15) is 11.6 Å². The molecule has 0 aromatic heterocycles. The van der Waals surface area contributed by atoms with Crippen LogP contribution in [-0.4, -0.2) is 50.8 Å². The van der Waals surface area contributed by atoms with Crippen molar-refractivity contribution < 1.29 is 27.1 Å². The molecule has 1 heterocycles. The van der Waals surface area contributed by atoms with Crippen molar-refractivity contribution in [3.05, 3.63) is 59.9 Å². The van der Waals surface area contributed by atoms with Gasteiger partial charge in [0, 0.05) is 25.7 Å². The number of nitrogens with zero attached hydrogens (tertiary/aromatic N) is 1. The minimum absolute atomic E-state index is 0.0260. The zero-order chi connectivity index (χ0) is 22.4. The third kappa shape index (κ3) is 5.59. The lowest BCUT2D eigenvalue weighted by molar-refractivity contribution is -0.139. The number of hydrogen-bond donors (Lipinski definition) is 2. The van der Waals surface area contributed by atoms with E-state index in [1.165, 1.54) is 47.8 Å². The Labute approximate surface area is 180 Å². The standard InChI is InChI=1S/C21H24FN3O5S/c1-30-18-8-10-19(11-9-18)31(28,29)25-12-2-3-17(25)14-24-21(27)20(26)23-13-15-4-6-16(22)7-5-15/h4-11,17H,2-3,12-14H2,1H3,(H,23,26)(H,24,27). The second-order valence-electron chi connectivity index (χ2n) is 7.11. The Kier molecular flexibility index (Phi) is 7.24. The largest absolute Gasteiger partial charge is 0.497 e. The number of rotatable bonds is 7. The van der Waals surface area contributed by atoms with E-state index >= 15 is 0 Å². The Bertz CT molecular complexity index is 1030. The van der Waals surface area contributed by atoms with Crippen molar-refractivity contribution in [3.8, 4) is 5.75 Å². The molecule has 0 bridgehead atoms. The summed E-state index contributed by atoms with van der Waals surface area (Å²) < 4.78 is 45.3. The lowest BCUT2D eigenvalue weighted by Crippen LogP contribution is -2.46. The van der Waals surface area contributed by atoms with Gasteiger partial charge in [-0.2, -0.15) is 4.31 Å². The molecule has 2 aromatic rings. The lowest BCUT2D eigenvalue weighted by atomic mass is 10.2. The molecule has 166 valence electrons. The number of benzene rings is 2.